The molecule has 0 aliphatic carbocycles. The summed E-state index contributed by atoms with van der Waals surface area (Å²) in [6.07, 6.45) is -0.320. The molecule has 7 nitrogen and oxygen atoms in total. The summed E-state index contributed by atoms with van der Waals surface area (Å²) in [7, 11) is 0. The first-order valence-electron chi connectivity index (χ1n) is 5.62. The summed E-state index contributed by atoms with van der Waals surface area (Å²) in [6, 6.07) is 0. The highest BCUT2D eigenvalue weighted by molar-refractivity contribution is 6.06. The maximum Gasteiger partial charge on any atom is 0.311 e. The van der Waals surface area contributed by atoms with Crippen LogP contribution in [0.4, 0.5) is 0 Å². The lowest BCUT2D eigenvalue weighted by Crippen LogP contribution is -2.21. The average Bonchev–Trinajstić information content (AvgIpc) is 2.26. The number of ether oxygens (including phenoxy) is 2. The minimum Gasteiger partial charge on any atom is -0.466 e. The van der Waals surface area contributed by atoms with Gasteiger partial charge >= 0.3 is 11.9 Å². The molecule has 0 aromatic carbocycles. The predicted octanol–water partition coefficient (Wildman–Crippen LogP) is 0.385. The van der Waals surface area contributed by atoms with Crippen molar-refractivity contribution in [2.24, 2.45) is 5.10 Å². The van der Waals surface area contributed by atoms with Crippen LogP contribution >= 0.6 is 0 Å². The van der Waals surface area contributed by atoms with E-state index in [0.29, 0.717) is 0 Å². The number of hydrazone groups is 1. The Balaban J connectivity index is 4.51. The lowest BCUT2D eigenvalue weighted by atomic mass is 10.2. The summed E-state index contributed by atoms with van der Waals surface area (Å²) in [5, 5.41) is 3.68. The van der Waals surface area contributed by atoms with E-state index in [1.165, 1.54) is 6.92 Å². The topological polar surface area (TPSA) is 94.1 Å². The number of hydrogen-bond acceptors (Lipinski definition) is 6. The molecule has 0 rings (SSSR count). The van der Waals surface area contributed by atoms with E-state index < -0.39 is 11.9 Å². The van der Waals surface area contributed by atoms with Crippen LogP contribution in [0, 0.1) is 0 Å². The SMILES string of the molecule is CCOC(=O)CC(CC(=O)OCC)=NNC(C)=O. The Bertz CT molecular complexity index is 316. The number of hydrogen-bond donors (Lipinski definition) is 1. The van der Waals surface area contributed by atoms with Crippen molar-refractivity contribution in [1.29, 1.82) is 0 Å². The molecule has 18 heavy (non-hydrogen) atoms. The summed E-state index contributed by atoms with van der Waals surface area (Å²) in [4.78, 5) is 33.3. The Kier molecular flexibility index (Phi) is 8.17. The van der Waals surface area contributed by atoms with Crippen molar-refractivity contribution in [3.05, 3.63) is 0 Å². The second-order valence-electron chi connectivity index (χ2n) is 3.31. The molecule has 0 aliphatic rings. The minimum absolute atomic E-state index is 0.160. The highest BCUT2D eigenvalue weighted by Gasteiger charge is 2.14. The molecule has 0 aliphatic heterocycles. The Labute approximate surface area is 106 Å². The molecule has 0 atom stereocenters. The molecule has 0 radical (unpaired) electrons. The van der Waals surface area contributed by atoms with Gasteiger partial charge in [-0.25, -0.2) is 5.43 Å². The first-order chi connectivity index (χ1) is 8.49. The van der Waals surface area contributed by atoms with Crippen molar-refractivity contribution in [2.45, 2.75) is 33.6 Å². The van der Waals surface area contributed by atoms with Crippen LogP contribution in [0.2, 0.25) is 0 Å². The fourth-order valence-corrected chi connectivity index (χ4v) is 1.06. The molecular weight excluding hydrogens is 240 g/mol. The van der Waals surface area contributed by atoms with Crippen molar-refractivity contribution in [3.63, 3.8) is 0 Å². The Hall–Kier alpha value is -1.92. The molecule has 0 unspecified atom stereocenters. The number of nitrogens with zero attached hydrogens (tertiary/aromatic N) is 1. The Morgan fingerprint density at radius 2 is 1.44 bits per heavy atom. The normalized spacial score (nSPS) is 9.28. The van der Waals surface area contributed by atoms with Crippen LogP contribution in [-0.2, 0) is 23.9 Å². The second-order valence-corrected chi connectivity index (χ2v) is 3.31. The van der Waals surface area contributed by atoms with E-state index in [1.54, 1.807) is 13.8 Å². The van der Waals surface area contributed by atoms with Gasteiger partial charge in [-0.3, -0.25) is 14.4 Å². The number of amides is 1. The maximum absolute atomic E-state index is 11.3. The predicted molar refractivity (Wildman–Crippen MR) is 63.8 cm³/mol. The first kappa shape index (κ1) is 16.1. The largest absolute Gasteiger partial charge is 0.466 e. The average molecular weight is 258 g/mol. The van der Waals surface area contributed by atoms with Crippen molar-refractivity contribution in [2.75, 3.05) is 13.2 Å². The molecule has 1 N–H and O–H groups in total. The van der Waals surface area contributed by atoms with Gasteiger partial charge in [-0.2, -0.15) is 5.10 Å². The standard InChI is InChI=1S/C11H18N2O5/c1-4-17-10(15)6-9(13-12-8(3)14)7-11(16)18-5-2/h4-7H2,1-3H3,(H,12,14). The summed E-state index contributed by atoms with van der Waals surface area (Å²) in [6.45, 7) is 5.11. The van der Waals surface area contributed by atoms with Gasteiger partial charge in [0.1, 0.15) is 0 Å². The van der Waals surface area contributed by atoms with E-state index in [2.05, 4.69) is 10.5 Å². The minimum atomic E-state index is -0.508. The highest BCUT2D eigenvalue weighted by Crippen LogP contribution is 1.98. The summed E-state index contributed by atoms with van der Waals surface area (Å²) in [5.74, 6) is -1.41. The van der Waals surface area contributed by atoms with Gasteiger partial charge in [-0.05, 0) is 13.8 Å². The van der Waals surface area contributed by atoms with E-state index in [0.717, 1.165) is 0 Å². The molecule has 0 saturated carbocycles. The van der Waals surface area contributed by atoms with E-state index in [-0.39, 0.29) is 37.7 Å². The van der Waals surface area contributed by atoms with Crippen LogP contribution in [-0.4, -0.2) is 36.8 Å². The molecule has 7 heteroatoms. The summed E-state index contributed by atoms with van der Waals surface area (Å²) < 4.78 is 9.47. The van der Waals surface area contributed by atoms with Crippen LogP contribution in [0.5, 0.6) is 0 Å². The second kappa shape index (κ2) is 9.15. The zero-order chi connectivity index (χ0) is 14.0. The Morgan fingerprint density at radius 3 is 1.78 bits per heavy atom. The number of carbonyl (C=O) groups is 3. The molecule has 0 aromatic rings. The summed E-state index contributed by atoms with van der Waals surface area (Å²) >= 11 is 0. The van der Waals surface area contributed by atoms with E-state index in [4.69, 9.17) is 9.47 Å². The molecule has 0 saturated heterocycles. The molecule has 1 amide bonds. The number of nitrogens with one attached hydrogen (secondary N) is 1. The third-order valence-corrected chi connectivity index (χ3v) is 1.68. The molecule has 0 fully saturated rings. The summed E-state index contributed by atoms with van der Waals surface area (Å²) in [5.41, 5.74) is 2.37. The van der Waals surface area contributed by atoms with Gasteiger partial charge in [0.15, 0.2) is 0 Å². The van der Waals surface area contributed by atoms with Crippen LogP contribution in [0.3, 0.4) is 0 Å². The zero-order valence-corrected chi connectivity index (χ0v) is 10.8. The molecule has 0 aromatic heterocycles. The van der Waals surface area contributed by atoms with Crippen molar-refractivity contribution in [1.82, 2.24) is 5.43 Å². The van der Waals surface area contributed by atoms with Gasteiger partial charge in [0.05, 0.1) is 31.8 Å². The van der Waals surface area contributed by atoms with Crippen LogP contribution < -0.4 is 5.43 Å². The third kappa shape index (κ3) is 8.26. The first-order valence-corrected chi connectivity index (χ1v) is 5.62. The van der Waals surface area contributed by atoms with Crippen molar-refractivity contribution in [3.8, 4) is 0 Å². The Morgan fingerprint density at radius 1 is 1.00 bits per heavy atom. The van der Waals surface area contributed by atoms with Gasteiger partial charge in [-0.15, -0.1) is 0 Å². The fraction of sp³-hybridized carbons (Fsp3) is 0.636. The van der Waals surface area contributed by atoms with Crippen LogP contribution in [0.1, 0.15) is 33.6 Å². The van der Waals surface area contributed by atoms with Gasteiger partial charge < -0.3 is 9.47 Å². The lowest BCUT2D eigenvalue weighted by Gasteiger charge is -2.06. The fourth-order valence-electron chi connectivity index (χ4n) is 1.06. The van der Waals surface area contributed by atoms with E-state index >= 15 is 0 Å². The van der Waals surface area contributed by atoms with Crippen LogP contribution in [0.15, 0.2) is 5.10 Å². The van der Waals surface area contributed by atoms with Gasteiger partial charge in [0.2, 0.25) is 5.91 Å². The smallest absolute Gasteiger partial charge is 0.311 e. The molecule has 102 valence electrons. The van der Waals surface area contributed by atoms with Crippen LogP contribution in [0.25, 0.3) is 0 Å². The van der Waals surface area contributed by atoms with Gasteiger partial charge in [0, 0.05) is 6.92 Å². The quantitative estimate of drug-likeness (QED) is 0.405. The third-order valence-electron chi connectivity index (χ3n) is 1.68. The number of rotatable bonds is 7. The molecule has 0 bridgehead atoms. The zero-order valence-electron chi connectivity index (χ0n) is 10.8. The van der Waals surface area contributed by atoms with Crippen molar-refractivity contribution < 1.29 is 23.9 Å². The monoisotopic (exact) mass is 258 g/mol. The van der Waals surface area contributed by atoms with Crippen molar-refractivity contribution >= 4 is 23.6 Å². The number of carbonyl (C=O) groups excluding carboxylic acids is 3. The van der Waals surface area contributed by atoms with Gasteiger partial charge in [0.25, 0.3) is 0 Å². The van der Waals surface area contributed by atoms with Gasteiger partial charge in [-0.1, -0.05) is 0 Å². The lowest BCUT2D eigenvalue weighted by molar-refractivity contribution is -0.142. The molecule has 0 heterocycles. The highest BCUT2D eigenvalue weighted by atomic mass is 16.5. The van der Waals surface area contributed by atoms with E-state index in [1.807, 2.05) is 0 Å². The maximum atomic E-state index is 11.3. The van der Waals surface area contributed by atoms with E-state index in [9.17, 15) is 14.4 Å². The molecule has 0 spiro atoms. The molecular formula is C11H18N2O5. The number of esters is 2.